The van der Waals surface area contributed by atoms with Gasteiger partial charge in [0.2, 0.25) is 5.78 Å². The molecular formula is C9H9NO3. The molecule has 0 unspecified atom stereocenters. The number of carbonyl (C=O) groups excluding carboxylic acids is 1. The summed E-state index contributed by atoms with van der Waals surface area (Å²) in [4.78, 5) is 14.3. The van der Waals surface area contributed by atoms with E-state index in [1.165, 1.54) is 7.11 Å². The van der Waals surface area contributed by atoms with Crippen LogP contribution in [-0.4, -0.2) is 24.5 Å². The molecule has 0 saturated heterocycles. The number of hydrogen-bond donors (Lipinski definition) is 1. The van der Waals surface area contributed by atoms with E-state index in [0.29, 0.717) is 11.3 Å². The molecule has 0 fully saturated rings. The maximum atomic E-state index is 11.3. The summed E-state index contributed by atoms with van der Waals surface area (Å²) < 4.78 is 9.83. The van der Waals surface area contributed by atoms with E-state index in [9.17, 15) is 4.79 Å². The van der Waals surface area contributed by atoms with Crippen molar-refractivity contribution in [3.63, 3.8) is 0 Å². The van der Waals surface area contributed by atoms with Crippen molar-refractivity contribution in [3.8, 4) is 0 Å². The Balaban J connectivity index is 2.34. The molecule has 2 aromatic rings. The fourth-order valence-corrected chi connectivity index (χ4v) is 1.21. The van der Waals surface area contributed by atoms with Gasteiger partial charge in [-0.25, -0.2) is 0 Å². The molecule has 0 spiro atoms. The number of H-pyrrole nitrogens is 1. The van der Waals surface area contributed by atoms with Crippen LogP contribution >= 0.6 is 0 Å². The number of aromatic amines is 1. The first-order valence-corrected chi connectivity index (χ1v) is 3.89. The van der Waals surface area contributed by atoms with Crippen LogP contribution in [0.5, 0.6) is 0 Å². The summed E-state index contributed by atoms with van der Waals surface area (Å²) in [5.74, 6) is -0.0751. The maximum absolute atomic E-state index is 11.3. The molecule has 0 aromatic carbocycles. The number of carbonyl (C=O) groups is 1. The van der Waals surface area contributed by atoms with Gasteiger partial charge in [-0.3, -0.25) is 4.79 Å². The number of furan rings is 1. The van der Waals surface area contributed by atoms with Gasteiger partial charge in [0.1, 0.15) is 6.61 Å². The highest BCUT2D eigenvalue weighted by Crippen LogP contribution is 2.16. The van der Waals surface area contributed by atoms with Gasteiger partial charge in [-0.2, -0.15) is 0 Å². The third kappa shape index (κ3) is 1.36. The van der Waals surface area contributed by atoms with Gasteiger partial charge in [0, 0.05) is 19.2 Å². The summed E-state index contributed by atoms with van der Waals surface area (Å²) in [5.41, 5.74) is 2.05. The van der Waals surface area contributed by atoms with Crippen molar-refractivity contribution in [1.82, 2.24) is 4.98 Å². The molecule has 0 aliphatic rings. The second-order valence-corrected chi connectivity index (χ2v) is 2.74. The molecular weight excluding hydrogens is 170 g/mol. The summed E-state index contributed by atoms with van der Waals surface area (Å²) in [6.07, 6.45) is 1.58. The first-order chi connectivity index (χ1) is 6.31. The summed E-state index contributed by atoms with van der Waals surface area (Å²) in [7, 11) is 1.49. The highest BCUT2D eigenvalue weighted by molar-refractivity contribution is 5.99. The number of fused-ring (bicyclic) bond motifs is 1. The SMILES string of the molecule is COCC(=O)c1cc2occc2[nH]1. The average molecular weight is 179 g/mol. The van der Waals surface area contributed by atoms with Crippen molar-refractivity contribution in [1.29, 1.82) is 0 Å². The first kappa shape index (κ1) is 8.07. The van der Waals surface area contributed by atoms with Crippen LogP contribution < -0.4 is 0 Å². The molecule has 4 nitrogen and oxygen atoms in total. The molecule has 1 N–H and O–H groups in total. The normalized spacial score (nSPS) is 10.8. The van der Waals surface area contributed by atoms with Crippen molar-refractivity contribution in [3.05, 3.63) is 24.1 Å². The molecule has 2 aromatic heterocycles. The molecule has 0 aliphatic carbocycles. The lowest BCUT2D eigenvalue weighted by Gasteiger charge is -1.93. The fourth-order valence-electron chi connectivity index (χ4n) is 1.21. The third-order valence-electron chi connectivity index (χ3n) is 1.82. The largest absolute Gasteiger partial charge is 0.463 e. The number of Topliss-reactive ketones (excluding diaryl/α,β-unsaturated/α-hetero) is 1. The number of hydrogen-bond acceptors (Lipinski definition) is 3. The minimum atomic E-state index is -0.0751. The minimum Gasteiger partial charge on any atom is -0.463 e. The number of aromatic nitrogens is 1. The van der Waals surface area contributed by atoms with Gasteiger partial charge in [-0.15, -0.1) is 0 Å². The monoisotopic (exact) mass is 179 g/mol. The Morgan fingerprint density at radius 3 is 3.23 bits per heavy atom. The maximum Gasteiger partial charge on any atom is 0.204 e. The summed E-state index contributed by atoms with van der Waals surface area (Å²) in [5, 5.41) is 0. The lowest BCUT2D eigenvalue weighted by atomic mass is 10.3. The molecule has 0 amide bonds. The van der Waals surface area contributed by atoms with Crippen LogP contribution in [0, 0.1) is 0 Å². The molecule has 68 valence electrons. The van der Waals surface area contributed by atoms with Crippen molar-refractivity contribution in [2.45, 2.75) is 0 Å². The van der Waals surface area contributed by atoms with Gasteiger partial charge in [-0.05, 0) is 0 Å². The highest BCUT2D eigenvalue weighted by Gasteiger charge is 2.09. The van der Waals surface area contributed by atoms with Crippen LogP contribution in [0.4, 0.5) is 0 Å². The van der Waals surface area contributed by atoms with Crippen LogP contribution in [-0.2, 0) is 4.74 Å². The first-order valence-electron chi connectivity index (χ1n) is 3.89. The Labute approximate surface area is 74.5 Å². The number of nitrogens with one attached hydrogen (secondary N) is 1. The molecule has 0 bridgehead atoms. The molecule has 2 rings (SSSR count). The summed E-state index contributed by atoms with van der Waals surface area (Å²) in [6.45, 7) is 0.0864. The van der Waals surface area contributed by atoms with E-state index >= 15 is 0 Å². The molecule has 4 heteroatoms. The smallest absolute Gasteiger partial charge is 0.204 e. The van der Waals surface area contributed by atoms with E-state index in [2.05, 4.69) is 4.98 Å². The predicted octanol–water partition coefficient (Wildman–Crippen LogP) is 1.59. The zero-order valence-corrected chi connectivity index (χ0v) is 7.16. The van der Waals surface area contributed by atoms with Gasteiger partial charge in [0.15, 0.2) is 5.58 Å². The Bertz CT molecular complexity index is 398. The summed E-state index contributed by atoms with van der Waals surface area (Å²) >= 11 is 0. The van der Waals surface area contributed by atoms with Crippen LogP contribution in [0.15, 0.2) is 22.8 Å². The van der Waals surface area contributed by atoms with E-state index in [4.69, 9.17) is 9.15 Å². The molecule has 0 atom stereocenters. The van der Waals surface area contributed by atoms with Crippen LogP contribution in [0.3, 0.4) is 0 Å². The number of ether oxygens (including phenoxy) is 1. The predicted molar refractivity (Wildman–Crippen MR) is 46.8 cm³/mol. The van der Waals surface area contributed by atoms with Gasteiger partial charge in [-0.1, -0.05) is 0 Å². The average Bonchev–Trinajstić information content (AvgIpc) is 2.61. The van der Waals surface area contributed by atoms with Crippen LogP contribution in [0.1, 0.15) is 10.5 Å². The lowest BCUT2D eigenvalue weighted by molar-refractivity contribution is 0.0843. The number of rotatable bonds is 3. The van der Waals surface area contributed by atoms with Crippen molar-refractivity contribution in [2.75, 3.05) is 13.7 Å². The molecule has 13 heavy (non-hydrogen) atoms. The summed E-state index contributed by atoms with van der Waals surface area (Å²) in [6, 6.07) is 3.45. The molecule has 0 saturated carbocycles. The second-order valence-electron chi connectivity index (χ2n) is 2.74. The van der Waals surface area contributed by atoms with Crippen molar-refractivity contribution in [2.24, 2.45) is 0 Å². The van der Waals surface area contributed by atoms with Crippen LogP contribution in [0.2, 0.25) is 0 Å². The Hall–Kier alpha value is -1.55. The topological polar surface area (TPSA) is 55.2 Å². The standard InChI is InChI=1S/C9H9NO3/c1-12-5-8(11)7-4-9-6(10-7)2-3-13-9/h2-4,10H,5H2,1H3. The van der Waals surface area contributed by atoms with Crippen molar-refractivity contribution >= 4 is 16.9 Å². The molecule has 0 aliphatic heterocycles. The molecule has 0 radical (unpaired) electrons. The fraction of sp³-hybridized carbons (Fsp3) is 0.222. The van der Waals surface area contributed by atoms with Gasteiger partial charge < -0.3 is 14.1 Å². The van der Waals surface area contributed by atoms with Crippen LogP contribution in [0.25, 0.3) is 11.1 Å². The Morgan fingerprint density at radius 2 is 2.54 bits per heavy atom. The Kier molecular flexibility index (Phi) is 1.90. The lowest BCUT2D eigenvalue weighted by Crippen LogP contribution is -2.06. The van der Waals surface area contributed by atoms with E-state index < -0.39 is 0 Å². The minimum absolute atomic E-state index is 0.0751. The quantitative estimate of drug-likeness (QED) is 0.728. The van der Waals surface area contributed by atoms with Gasteiger partial charge in [0.25, 0.3) is 0 Å². The van der Waals surface area contributed by atoms with E-state index in [1.807, 2.05) is 0 Å². The third-order valence-corrected chi connectivity index (χ3v) is 1.82. The zero-order valence-electron chi connectivity index (χ0n) is 7.16. The second kappa shape index (κ2) is 3.06. The van der Waals surface area contributed by atoms with E-state index in [-0.39, 0.29) is 12.4 Å². The number of methoxy groups -OCH3 is 1. The van der Waals surface area contributed by atoms with Gasteiger partial charge >= 0.3 is 0 Å². The zero-order chi connectivity index (χ0) is 9.26. The highest BCUT2D eigenvalue weighted by atomic mass is 16.5. The van der Waals surface area contributed by atoms with E-state index in [0.717, 1.165) is 5.52 Å². The van der Waals surface area contributed by atoms with Crippen molar-refractivity contribution < 1.29 is 13.9 Å². The van der Waals surface area contributed by atoms with E-state index in [1.54, 1.807) is 18.4 Å². The Morgan fingerprint density at radius 1 is 1.69 bits per heavy atom. The van der Waals surface area contributed by atoms with Gasteiger partial charge in [0.05, 0.1) is 17.5 Å². The number of ketones is 1. The molecule has 2 heterocycles.